The molecule has 0 spiro atoms. The van der Waals surface area contributed by atoms with Crippen LogP contribution in [0.2, 0.25) is 0 Å². The number of amides is 4. The highest BCUT2D eigenvalue weighted by Gasteiger charge is 2.01. The van der Waals surface area contributed by atoms with E-state index in [1.807, 2.05) is 36.7 Å². The molecule has 0 radical (unpaired) electrons. The summed E-state index contributed by atoms with van der Waals surface area (Å²) >= 11 is 0. The number of hydrogen-bond acceptors (Lipinski definition) is 4. The van der Waals surface area contributed by atoms with E-state index in [0.29, 0.717) is 26.2 Å². The Bertz CT molecular complexity index is 707. The van der Waals surface area contributed by atoms with Crippen LogP contribution in [-0.2, 0) is 12.8 Å². The minimum atomic E-state index is -0.104. The Morgan fingerprint density at radius 1 is 0.576 bits per heavy atom. The second-order valence-electron chi connectivity index (χ2n) is 8.06. The van der Waals surface area contributed by atoms with E-state index in [0.717, 1.165) is 49.7 Å². The Balaban J connectivity index is 1.30. The van der Waals surface area contributed by atoms with Crippen molar-refractivity contribution in [2.75, 3.05) is 26.2 Å². The fourth-order valence-corrected chi connectivity index (χ4v) is 3.40. The third-order valence-electron chi connectivity index (χ3n) is 5.27. The summed E-state index contributed by atoms with van der Waals surface area (Å²) in [5.74, 6) is 0. The Hall–Kier alpha value is -3.16. The molecule has 8 nitrogen and oxygen atoms in total. The van der Waals surface area contributed by atoms with Crippen molar-refractivity contribution in [1.29, 1.82) is 0 Å². The molecule has 0 saturated carbocycles. The van der Waals surface area contributed by atoms with Crippen LogP contribution in [0, 0.1) is 0 Å². The van der Waals surface area contributed by atoms with Gasteiger partial charge in [-0.1, -0.05) is 44.2 Å². The Morgan fingerprint density at radius 2 is 0.970 bits per heavy atom. The first-order valence-corrected chi connectivity index (χ1v) is 12.1. The van der Waals surface area contributed by atoms with Gasteiger partial charge in [-0.3, -0.25) is 9.97 Å². The van der Waals surface area contributed by atoms with Crippen molar-refractivity contribution in [3.05, 3.63) is 60.2 Å². The first-order chi connectivity index (χ1) is 16.2. The van der Waals surface area contributed by atoms with E-state index in [4.69, 9.17) is 0 Å². The average Bonchev–Trinajstić information content (AvgIpc) is 2.84. The van der Waals surface area contributed by atoms with Crippen LogP contribution in [0.4, 0.5) is 9.59 Å². The second-order valence-corrected chi connectivity index (χ2v) is 8.06. The van der Waals surface area contributed by atoms with Gasteiger partial charge in [0, 0.05) is 51.0 Å². The summed E-state index contributed by atoms with van der Waals surface area (Å²) in [6, 6.07) is 7.61. The standard InChI is InChI=1S/C25H38N6O2/c32-24(30-18-12-22-10-8-14-26-20-22)28-16-6-4-2-1-3-5-7-17-29-25(33)31-19-13-23-11-9-15-27-21-23/h8-11,14-15,20-21H,1-7,12-13,16-19H2,(H2,28,30,32)(H2,29,31,33). The van der Waals surface area contributed by atoms with Crippen LogP contribution in [0.5, 0.6) is 0 Å². The van der Waals surface area contributed by atoms with Crippen molar-refractivity contribution < 1.29 is 9.59 Å². The number of nitrogens with one attached hydrogen (secondary N) is 4. The summed E-state index contributed by atoms with van der Waals surface area (Å²) in [5.41, 5.74) is 2.24. The fraction of sp³-hybridized carbons (Fsp3) is 0.520. The molecule has 2 aromatic rings. The summed E-state index contributed by atoms with van der Waals surface area (Å²) in [6.45, 7) is 2.63. The maximum atomic E-state index is 11.8. The zero-order valence-corrected chi connectivity index (χ0v) is 19.5. The van der Waals surface area contributed by atoms with Crippen LogP contribution in [0.15, 0.2) is 49.1 Å². The normalized spacial score (nSPS) is 10.4. The Kier molecular flexibility index (Phi) is 13.8. The molecule has 0 fully saturated rings. The lowest BCUT2D eigenvalue weighted by molar-refractivity contribution is 0.240. The van der Waals surface area contributed by atoms with Crippen LogP contribution in [0.3, 0.4) is 0 Å². The van der Waals surface area contributed by atoms with Crippen molar-refractivity contribution in [2.24, 2.45) is 0 Å². The lowest BCUT2D eigenvalue weighted by atomic mass is 10.1. The molecule has 0 aliphatic heterocycles. The van der Waals surface area contributed by atoms with Gasteiger partial charge in [0.1, 0.15) is 0 Å². The molecule has 4 amide bonds. The maximum Gasteiger partial charge on any atom is 0.314 e. The molecule has 8 heteroatoms. The van der Waals surface area contributed by atoms with Gasteiger partial charge in [0.05, 0.1) is 0 Å². The first kappa shape index (κ1) is 26.1. The van der Waals surface area contributed by atoms with Gasteiger partial charge in [0.25, 0.3) is 0 Å². The maximum absolute atomic E-state index is 11.8. The van der Waals surface area contributed by atoms with Gasteiger partial charge in [0.15, 0.2) is 0 Å². The van der Waals surface area contributed by atoms with E-state index in [-0.39, 0.29) is 12.1 Å². The molecule has 2 heterocycles. The number of rotatable bonds is 16. The van der Waals surface area contributed by atoms with E-state index in [9.17, 15) is 9.59 Å². The van der Waals surface area contributed by atoms with Crippen LogP contribution in [-0.4, -0.2) is 48.2 Å². The van der Waals surface area contributed by atoms with Crippen LogP contribution >= 0.6 is 0 Å². The third-order valence-corrected chi connectivity index (χ3v) is 5.27. The second kappa shape index (κ2) is 17.4. The van der Waals surface area contributed by atoms with Gasteiger partial charge < -0.3 is 21.3 Å². The zero-order valence-electron chi connectivity index (χ0n) is 19.5. The van der Waals surface area contributed by atoms with Gasteiger partial charge in [-0.25, -0.2) is 9.59 Å². The number of urea groups is 2. The molecule has 0 aliphatic rings. The van der Waals surface area contributed by atoms with E-state index in [1.165, 1.54) is 19.3 Å². The largest absolute Gasteiger partial charge is 0.338 e. The number of carbonyl (C=O) groups excluding carboxylic acids is 2. The highest BCUT2D eigenvalue weighted by molar-refractivity contribution is 5.74. The number of aromatic nitrogens is 2. The highest BCUT2D eigenvalue weighted by Crippen LogP contribution is 2.06. The Labute approximate surface area is 197 Å². The molecular formula is C25H38N6O2. The van der Waals surface area contributed by atoms with Gasteiger partial charge in [-0.15, -0.1) is 0 Å². The molecule has 0 unspecified atom stereocenters. The van der Waals surface area contributed by atoms with E-state index in [2.05, 4.69) is 31.2 Å². The summed E-state index contributed by atoms with van der Waals surface area (Å²) in [6.07, 6.45) is 16.5. The summed E-state index contributed by atoms with van der Waals surface area (Å²) in [5, 5.41) is 11.6. The quantitative estimate of drug-likeness (QED) is 0.291. The minimum Gasteiger partial charge on any atom is -0.338 e. The van der Waals surface area contributed by atoms with Gasteiger partial charge in [-0.05, 0) is 48.9 Å². The molecule has 0 saturated heterocycles. The van der Waals surface area contributed by atoms with E-state index >= 15 is 0 Å². The predicted octanol–water partition coefficient (Wildman–Crippen LogP) is 3.59. The van der Waals surface area contributed by atoms with Gasteiger partial charge in [0.2, 0.25) is 0 Å². The zero-order chi connectivity index (χ0) is 23.4. The van der Waals surface area contributed by atoms with Crippen LogP contribution in [0.1, 0.15) is 56.1 Å². The van der Waals surface area contributed by atoms with Crippen molar-refractivity contribution in [2.45, 2.75) is 57.8 Å². The highest BCUT2D eigenvalue weighted by atomic mass is 16.2. The molecule has 180 valence electrons. The topological polar surface area (TPSA) is 108 Å². The minimum absolute atomic E-state index is 0.104. The smallest absolute Gasteiger partial charge is 0.314 e. The molecule has 2 rings (SSSR count). The molecule has 0 aromatic carbocycles. The predicted molar refractivity (Wildman–Crippen MR) is 131 cm³/mol. The van der Waals surface area contributed by atoms with Gasteiger partial charge >= 0.3 is 12.1 Å². The van der Waals surface area contributed by atoms with E-state index in [1.54, 1.807) is 12.4 Å². The fourth-order valence-electron chi connectivity index (χ4n) is 3.40. The molecule has 4 N–H and O–H groups in total. The number of hydrogen-bond donors (Lipinski definition) is 4. The van der Waals surface area contributed by atoms with Gasteiger partial charge in [-0.2, -0.15) is 0 Å². The molecule has 0 bridgehead atoms. The monoisotopic (exact) mass is 454 g/mol. The number of unbranched alkanes of at least 4 members (excludes halogenated alkanes) is 6. The SMILES string of the molecule is O=C(NCCCCCCCCCNC(=O)NCCc1cccnc1)NCCc1cccnc1. The summed E-state index contributed by atoms with van der Waals surface area (Å²) in [4.78, 5) is 31.7. The van der Waals surface area contributed by atoms with Crippen molar-refractivity contribution in [1.82, 2.24) is 31.2 Å². The molecule has 2 aromatic heterocycles. The number of pyridine rings is 2. The molecular weight excluding hydrogens is 416 g/mol. The van der Waals surface area contributed by atoms with Crippen molar-refractivity contribution in [3.8, 4) is 0 Å². The molecule has 33 heavy (non-hydrogen) atoms. The van der Waals surface area contributed by atoms with Crippen molar-refractivity contribution >= 4 is 12.1 Å². The number of carbonyl (C=O) groups is 2. The van der Waals surface area contributed by atoms with E-state index < -0.39 is 0 Å². The molecule has 0 aliphatic carbocycles. The number of nitrogens with zero attached hydrogens (tertiary/aromatic N) is 2. The van der Waals surface area contributed by atoms with Crippen LogP contribution in [0.25, 0.3) is 0 Å². The average molecular weight is 455 g/mol. The summed E-state index contributed by atoms with van der Waals surface area (Å²) < 4.78 is 0. The van der Waals surface area contributed by atoms with Crippen molar-refractivity contribution in [3.63, 3.8) is 0 Å². The lowest BCUT2D eigenvalue weighted by Gasteiger charge is -2.08. The Morgan fingerprint density at radius 3 is 1.36 bits per heavy atom. The van der Waals surface area contributed by atoms with Crippen LogP contribution < -0.4 is 21.3 Å². The molecule has 0 atom stereocenters. The first-order valence-electron chi connectivity index (χ1n) is 12.1. The third kappa shape index (κ3) is 13.8. The lowest BCUT2D eigenvalue weighted by Crippen LogP contribution is -2.37. The summed E-state index contributed by atoms with van der Waals surface area (Å²) in [7, 11) is 0.